The minimum absolute atomic E-state index is 0.187. The fraction of sp³-hybridized carbons (Fsp3) is 0.571. The molecule has 0 bridgehead atoms. The minimum Gasteiger partial charge on any atom is -0.324 e. The monoisotopic (exact) mass is 265 g/mol. The number of likely N-dealkylation sites (tertiary alicyclic amines) is 1. The smallest absolute Gasteiger partial charge is 0.321 e. The van der Waals surface area contributed by atoms with Crippen molar-refractivity contribution in [1.29, 1.82) is 0 Å². The number of pyridine rings is 1. The van der Waals surface area contributed by atoms with E-state index in [0.717, 1.165) is 32.1 Å². The summed E-state index contributed by atoms with van der Waals surface area (Å²) >= 11 is 0. The largest absolute Gasteiger partial charge is 0.324 e. The molecule has 2 heterocycles. The highest BCUT2D eigenvalue weighted by Crippen LogP contribution is 2.24. The van der Waals surface area contributed by atoms with Crippen LogP contribution in [0.4, 0.5) is 14.9 Å². The molecular formula is C14H20FN3O. The Morgan fingerprint density at radius 2 is 2.42 bits per heavy atom. The first kappa shape index (κ1) is 13.8. The number of halogens is 1. The molecule has 1 N–H and O–H groups in total. The van der Waals surface area contributed by atoms with Gasteiger partial charge in [0, 0.05) is 19.3 Å². The topological polar surface area (TPSA) is 45.2 Å². The number of nitrogens with one attached hydrogen (secondary N) is 1. The predicted molar refractivity (Wildman–Crippen MR) is 72.3 cm³/mol. The van der Waals surface area contributed by atoms with E-state index in [1.807, 2.05) is 0 Å². The van der Waals surface area contributed by atoms with E-state index < -0.39 is 5.82 Å². The molecule has 1 aliphatic rings. The zero-order chi connectivity index (χ0) is 13.8. The van der Waals surface area contributed by atoms with Crippen molar-refractivity contribution in [3.05, 3.63) is 24.3 Å². The highest BCUT2D eigenvalue weighted by Gasteiger charge is 2.26. The molecule has 1 fully saturated rings. The Morgan fingerprint density at radius 1 is 1.63 bits per heavy atom. The van der Waals surface area contributed by atoms with E-state index in [1.54, 1.807) is 4.90 Å². The average molecular weight is 265 g/mol. The number of aromatic nitrogens is 1. The Hall–Kier alpha value is -1.65. The fourth-order valence-electron chi connectivity index (χ4n) is 2.55. The van der Waals surface area contributed by atoms with E-state index in [4.69, 9.17) is 0 Å². The van der Waals surface area contributed by atoms with Gasteiger partial charge in [0.25, 0.3) is 0 Å². The molecule has 2 rings (SSSR count). The average Bonchev–Trinajstić information content (AvgIpc) is 2.79. The zero-order valence-corrected chi connectivity index (χ0v) is 11.4. The third-order valence-electron chi connectivity index (χ3n) is 3.39. The fourth-order valence-corrected chi connectivity index (χ4v) is 2.55. The van der Waals surface area contributed by atoms with E-state index in [9.17, 15) is 9.18 Å². The quantitative estimate of drug-likeness (QED) is 0.912. The molecule has 4 nitrogen and oxygen atoms in total. The molecule has 1 atom stereocenters. The van der Waals surface area contributed by atoms with Gasteiger partial charge in [0.1, 0.15) is 0 Å². The van der Waals surface area contributed by atoms with E-state index >= 15 is 0 Å². The number of rotatable bonds is 3. The Kier molecular flexibility index (Phi) is 4.35. The van der Waals surface area contributed by atoms with Gasteiger partial charge in [0.05, 0.1) is 11.9 Å². The Bertz CT molecular complexity index is 450. The third kappa shape index (κ3) is 3.66. The van der Waals surface area contributed by atoms with Crippen molar-refractivity contribution < 1.29 is 9.18 Å². The van der Waals surface area contributed by atoms with E-state index in [2.05, 4.69) is 24.1 Å². The summed E-state index contributed by atoms with van der Waals surface area (Å²) in [6.45, 7) is 5.89. The molecule has 0 radical (unpaired) electrons. The predicted octanol–water partition coefficient (Wildman–Crippen LogP) is 3.12. The van der Waals surface area contributed by atoms with Crippen molar-refractivity contribution in [3.8, 4) is 0 Å². The second-order valence-electron chi connectivity index (χ2n) is 5.52. The number of anilines is 1. The molecule has 0 spiro atoms. The lowest BCUT2D eigenvalue weighted by Crippen LogP contribution is -2.33. The molecule has 19 heavy (non-hydrogen) atoms. The Morgan fingerprint density at radius 3 is 3.11 bits per heavy atom. The first-order valence-electron chi connectivity index (χ1n) is 6.71. The summed E-state index contributed by atoms with van der Waals surface area (Å²) in [7, 11) is 0. The number of carbonyl (C=O) groups excluding carboxylic acids is 1. The highest BCUT2D eigenvalue weighted by molar-refractivity contribution is 5.89. The van der Waals surface area contributed by atoms with Crippen LogP contribution in [-0.2, 0) is 0 Å². The summed E-state index contributed by atoms with van der Waals surface area (Å²) < 4.78 is 13.4. The first-order chi connectivity index (χ1) is 9.06. The van der Waals surface area contributed by atoms with Crippen molar-refractivity contribution in [2.24, 2.45) is 11.8 Å². The summed E-state index contributed by atoms with van der Waals surface area (Å²) in [5, 5.41) is 2.60. The van der Waals surface area contributed by atoms with Crippen LogP contribution in [0.1, 0.15) is 26.7 Å². The van der Waals surface area contributed by atoms with Gasteiger partial charge in [-0.15, -0.1) is 0 Å². The second-order valence-corrected chi connectivity index (χ2v) is 5.52. The van der Waals surface area contributed by atoms with Crippen molar-refractivity contribution in [2.45, 2.75) is 26.7 Å². The van der Waals surface area contributed by atoms with E-state index in [-0.39, 0.29) is 11.7 Å². The number of nitrogens with zero attached hydrogens (tertiary/aromatic N) is 2. The number of amides is 2. The molecule has 1 aliphatic heterocycles. The van der Waals surface area contributed by atoms with Crippen LogP contribution < -0.4 is 5.32 Å². The Labute approximate surface area is 113 Å². The van der Waals surface area contributed by atoms with Crippen LogP contribution in [0.15, 0.2) is 18.5 Å². The molecule has 0 aromatic carbocycles. The van der Waals surface area contributed by atoms with Crippen LogP contribution in [-0.4, -0.2) is 29.0 Å². The highest BCUT2D eigenvalue weighted by atomic mass is 19.1. The lowest BCUT2D eigenvalue weighted by Gasteiger charge is -2.18. The van der Waals surface area contributed by atoms with Gasteiger partial charge >= 0.3 is 6.03 Å². The van der Waals surface area contributed by atoms with Crippen LogP contribution in [0.3, 0.4) is 0 Å². The first-order valence-corrected chi connectivity index (χ1v) is 6.71. The van der Waals surface area contributed by atoms with Gasteiger partial charge in [-0.05, 0) is 30.7 Å². The molecule has 2 amide bonds. The van der Waals surface area contributed by atoms with Crippen LogP contribution >= 0.6 is 0 Å². The Balaban J connectivity index is 1.90. The molecule has 1 aromatic heterocycles. The summed E-state index contributed by atoms with van der Waals surface area (Å²) in [4.78, 5) is 17.4. The SMILES string of the molecule is CC(C)C[C@H]1CCN(C(=O)Nc2ccncc2F)C1. The molecule has 0 unspecified atom stereocenters. The van der Waals surface area contributed by atoms with Crippen LogP contribution in [0, 0.1) is 17.7 Å². The van der Waals surface area contributed by atoms with E-state index in [0.29, 0.717) is 11.8 Å². The summed E-state index contributed by atoms with van der Waals surface area (Å²) in [6, 6.07) is 1.24. The molecule has 1 saturated heterocycles. The maximum atomic E-state index is 13.4. The number of urea groups is 1. The molecular weight excluding hydrogens is 245 g/mol. The van der Waals surface area contributed by atoms with Crippen molar-refractivity contribution in [2.75, 3.05) is 18.4 Å². The van der Waals surface area contributed by atoms with Gasteiger partial charge in [0.15, 0.2) is 5.82 Å². The molecule has 104 valence electrons. The number of carbonyl (C=O) groups is 1. The van der Waals surface area contributed by atoms with Gasteiger partial charge in [-0.2, -0.15) is 0 Å². The van der Waals surface area contributed by atoms with Gasteiger partial charge < -0.3 is 10.2 Å². The normalized spacial score (nSPS) is 18.9. The van der Waals surface area contributed by atoms with Crippen LogP contribution in [0.5, 0.6) is 0 Å². The van der Waals surface area contributed by atoms with E-state index in [1.165, 1.54) is 12.3 Å². The summed E-state index contributed by atoms with van der Waals surface area (Å²) in [5.74, 6) is 0.701. The van der Waals surface area contributed by atoms with Gasteiger partial charge in [0.2, 0.25) is 0 Å². The maximum Gasteiger partial charge on any atom is 0.321 e. The number of hydrogen-bond acceptors (Lipinski definition) is 2. The lowest BCUT2D eigenvalue weighted by molar-refractivity contribution is 0.220. The van der Waals surface area contributed by atoms with Crippen molar-refractivity contribution in [3.63, 3.8) is 0 Å². The van der Waals surface area contributed by atoms with Gasteiger partial charge in [-0.3, -0.25) is 4.98 Å². The van der Waals surface area contributed by atoms with Gasteiger partial charge in [-0.25, -0.2) is 9.18 Å². The zero-order valence-electron chi connectivity index (χ0n) is 11.4. The molecule has 0 saturated carbocycles. The standard InChI is InChI=1S/C14H20FN3O/c1-10(2)7-11-4-6-18(9-11)14(19)17-13-3-5-16-8-12(13)15/h3,5,8,10-11H,4,6-7,9H2,1-2H3,(H,16,17,19)/t11-/m1/s1. The third-order valence-corrected chi connectivity index (χ3v) is 3.39. The van der Waals surface area contributed by atoms with Crippen LogP contribution in [0.25, 0.3) is 0 Å². The summed E-state index contributed by atoms with van der Waals surface area (Å²) in [6.07, 6.45) is 4.73. The molecule has 0 aliphatic carbocycles. The lowest BCUT2D eigenvalue weighted by atomic mass is 9.97. The number of hydrogen-bond donors (Lipinski definition) is 1. The van der Waals surface area contributed by atoms with Gasteiger partial charge in [-0.1, -0.05) is 13.8 Å². The van der Waals surface area contributed by atoms with Crippen molar-refractivity contribution >= 4 is 11.7 Å². The molecule has 5 heteroatoms. The maximum absolute atomic E-state index is 13.4. The van der Waals surface area contributed by atoms with Crippen molar-refractivity contribution in [1.82, 2.24) is 9.88 Å². The minimum atomic E-state index is -0.506. The second kappa shape index (κ2) is 5.99. The summed E-state index contributed by atoms with van der Waals surface area (Å²) in [5.41, 5.74) is 0.187. The van der Waals surface area contributed by atoms with Crippen LogP contribution in [0.2, 0.25) is 0 Å². The molecule has 1 aromatic rings.